The standard InChI is InChI=1S/C21H20ClN3O4S/c1-14-13-16(22)6-11-19(14)29-15(2)21(26)24-17-7-9-18(10-8-17)30(27,28)25-20-5-3-4-12-23-20/h3-13,15H,1-2H3,(H,23,25)(H,24,26)/t15-/m0/s1. The van der Waals surface area contributed by atoms with Crippen molar-refractivity contribution in [3.63, 3.8) is 0 Å². The number of aromatic nitrogens is 1. The smallest absolute Gasteiger partial charge is 0.265 e. The molecule has 9 heteroatoms. The number of benzene rings is 2. The van der Waals surface area contributed by atoms with E-state index < -0.39 is 16.1 Å². The number of carbonyl (C=O) groups excluding carboxylic acids is 1. The van der Waals surface area contributed by atoms with E-state index in [0.717, 1.165) is 5.56 Å². The number of carbonyl (C=O) groups is 1. The zero-order valence-electron chi connectivity index (χ0n) is 16.3. The van der Waals surface area contributed by atoms with Crippen molar-refractivity contribution in [2.75, 3.05) is 10.0 Å². The summed E-state index contributed by atoms with van der Waals surface area (Å²) in [6, 6.07) is 15.9. The van der Waals surface area contributed by atoms with E-state index in [1.54, 1.807) is 43.3 Å². The van der Waals surface area contributed by atoms with E-state index in [9.17, 15) is 13.2 Å². The van der Waals surface area contributed by atoms with Gasteiger partial charge in [0.25, 0.3) is 15.9 Å². The zero-order chi connectivity index (χ0) is 21.7. The van der Waals surface area contributed by atoms with Crippen molar-refractivity contribution in [1.82, 2.24) is 4.98 Å². The number of hydrogen-bond donors (Lipinski definition) is 2. The van der Waals surface area contributed by atoms with Crippen molar-refractivity contribution in [2.24, 2.45) is 0 Å². The fraction of sp³-hybridized carbons (Fsp3) is 0.143. The van der Waals surface area contributed by atoms with Gasteiger partial charge in [0.2, 0.25) is 0 Å². The van der Waals surface area contributed by atoms with Crippen LogP contribution >= 0.6 is 11.6 Å². The lowest BCUT2D eigenvalue weighted by Gasteiger charge is -2.16. The molecule has 0 aliphatic rings. The van der Waals surface area contributed by atoms with Crippen LogP contribution < -0.4 is 14.8 Å². The van der Waals surface area contributed by atoms with Crippen LogP contribution in [0.15, 0.2) is 71.8 Å². The molecular weight excluding hydrogens is 426 g/mol. The third-order valence-corrected chi connectivity index (χ3v) is 5.75. The predicted octanol–water partition coefficient (Wildman–Crippen LogP) is 4.25. The maximum absolute atomic E-state index is 12.4. The van der Waals surface area contributed by atoms with Gasteiger partial charge in [-0.15, -0.1) is 0 Å². The second-order valence-corrected chi connectivity index (χ2v) is 8.62. The van der Waals surface area contributed by atoms with Crippen LogP contribution in [0.1, 0.15) is 12.5 Å². The summed E-state index contributed by atoms with van der Waals surface area (Å²) in [5.74, 6) is 0.411. The highest BCUT2D eigenvalue weighted by Gasteiger charge is 2.18. The summed E-state index contributed by atoms with van der Waals surface area (Å²) in [4.78, 5) is 16.4. The molecule has 7 nitrogen and oxygen atoms in total. The summed E-state index contributed by atoms with van der Waals surface area (Å²) < 4.78 is 33.0. The van der Waals surface area contributed by atoms with E-state index in [0.29, 0.717) is 16.5 Å². The molecule has 0 spiro atoms. The van der Waals surface area contributed by atoms with E-state index in [-0.39, 0.29) is 16.6 Å². The van der Waals surface area contributed by atoms with Crippen molar-refractivity contribution in [2.45, 2.75) is 24.8 Å². The van der Waals surface area contributed by atoms with Gasteiger partial charge in [-0.3, -0.25) is 9.52 Å². The van der Waals surface area contributed by atoms with Gasteiger partial charge in [-0.2, -0.15) is 0 Å². The highest BCUT2D eigenvalue weighted by molar-refractivity contribution is 7.92. The molecule has 1 heterocycles. The molecule has 1 atom stereocenters. The lowest BCUT2D eigenvalue weighted by atomic mass is 10.2. The van der Waals surface area contributed by atoms with Crippen LogP contribution in [0.2, 0.25) is 5.02 Å². The van der Waals surface area contributed by atoms with Gasteiger partial charge >= 0.3 is 0 Å². The van der Waals surface area contributed by atoms with Crippen LogP contribution in [0.4, 0.5) is 11.5 Å². The first-order chi connectivity index (χ1) is 14.2. The molecule has 156 valence electrons. The highest BCUT2D eigenvalue weighted by Crippen LogP contribution is 2.23. The number of amides is 1. The topological polar surface area (TPSA) is 97.4 Å². The monoisotopic (exact) mass is 445 g/mol. The number of hydrogen-bond acceptors (Lipinski definition) is 5. The maximum Gasteiger partial charge on any atom is 0.265 e. The fourth-order valence-electron chi connectivity index (χ4n) is 2.57. The highest BCUT2D eigenvalue weighted by atomic mass is 35.5. The minimum absolute atomic E-state index is 0.0484. The fourth-order valence-corrected chi connectivity index (χ4v) is 3.81. The molecule has 0 radical (unpaired) electrons. The van der Waals surface area contributed by atoms with Crippen LogP contribution in [0.25, 0.3) is 0 Å². The Morgan fingerprint density at radius 1 is 1.10 bits per heavy atom. The summed E-state index contributed by atoms with van der Waals surface area (Å²) in [6.07, 6.45) is 0.727. The summed E-state index contributed by atoms with van der Waals surface area (Å²) in [5, 5.41) is 3.29. The predicted molar refractivity (Wildman–Crippen MR) is 116 cm³/mol. The molecular formula is C21H20ClN3O4S. The molecule has 0 saturated carbocycles. The van der Waals surface area contributed by atoms with Crippen LogP contribution in [-0.4, -0.2) is 25.4 Å². The van der Waals surface area contributed by atoms with Gasteiger partial charge in [-0.1, -0.05) is 17.7 Å². The molecule has 30 heavy (non-hydrogen) atoms. The molecule has 0 aliphatic carbocycles. The van der Waals surface area contributed by atoms with Crippen molar-refractivity contribution in [3.8, 4) is 5.75 Å². The largest absolute Gasteiger partial charge is 0.481 e. The van der Waals surface area contributed by atoms with Crippen molar-refractivity contribution in [1.29, 1.82) is 0 Å². The third-order valence-electron chi connectivity index (χ3n) is 4.15. The number of anilines is 2. The minimum atomic E-state index is -3.78. The molecule has 3 rings (SSSR count). The number of sulfonamides is 1. The average Bonchev–Trinajstić information content (AvgIpc) is 2.71. The van der Waals surface area contributed by atoms with Gasteiger partial charge in [0.1, 0.15) is 11.6 Å². The number of nitrogens with one attached hydrogen (secondary N) is 2. The van der Waals surface area contributed by atoms with Crippen molar-refractivity contribution >= 4 is 39.0 Å². The molecule has 0 aliphatic heterocycles. The molecule has 0 saturated heterocycles. The molecule has 0 fully saturated rings. The Morgan fingerprint density at radius 2 is 1.83 bits per heavy atom. The van der Waals surface area contributed by atoms with Crippen molar-refractivity contribution < 1.29 is 17.9 Å². The van der Waals surface area contributed by atoms with Gasteiger partial charge in [0.05, 0.1) is 4.90 Å². The van der Waals surface area contributed by atoms with E-state index in [1.165, 1.54) is 30.5 Å². The molecule has 3 aromatic rings. The molecule has 1 amide bonds. The normalized spacial score (nSPS) is 12.1. The van der Waals surface area contributed by atoms with E-state index >= 15 is 0 Å². The summed E-state index contributed by atoms with van der Waals surface area (Å²) in [6.45, 7) is 3.46. The number of ether oxygens (including phenoxy) is 1. The number of halogens is 1. The molecule has 2 aromatic carbocycles. The number of pyridine rings is 1. The van der Waals surface area contributed by atoms with Crippen molar-refractivity contribution in [3.05, 3.63) is 77.4 Å². The van der Waals surface area contributed by atoms with E-state index in [1.807, 2.05) is 6.92 Å². The lowest BCUT2D eigenvalue weighted by Crippen LogP contribution is -2.30. The number of aryl methyl sites for hydroxylation is 1. The second kappa shape index (κ2) is 9.15. The van der Waals surface area contributed by atoms with Gasteiger partial charge in [-0.05, 0) is 74.0 Å². The van der Waals surface area contributed by atoms with Crippen LogP contribution in [-0.2, 0) is 14.8 Å². The van der Waals surface area contributed by atoms with Gasteiger partial charge < -0.3 is 10.1 Å². The quantitative estimate of drug-likeness (QED) is 0.566. The molecule has 0 bridgehead atoms. The first-order valence-corrected chi connectivity index (χ1v) is 10.9. The summed E-state index contributed by atoms with van der Waals surface area (Å²) >= 11 is 5.93. The Balaban J connectivity index is 1.64. The molecule has 2 N–H and O–H groups in total. The Labute approximate surface area is 180 Å². The Bertz CT molecular complexity index is 1140. The maximum atomic E-state index is 12.4. The van der Waals surface area contributed by atoms with Gasteiger partial charge in [0, 0.05) is 16.9 Å². The Hall–Kier alpha value is -3.10. The first kappa shape index (κ1) is 21.6. The summed E-state index contributed by atoms with van der Waals surface area (Å²) in [5.41, 5.74) is 1.26. The molecule has 1 aromatic heterocycles. The lowest BCUT2D eigenvalue weighted by molar-refractivity contribution is -0.122. The number of nitrogens with zero attached hydrogens (tertiary/aromatic N) is 1. The minimum Gasteiger partial charge on any atom is -0.481 e. The SMILES string of the molecule is Cc1cc(Cl)ccc1O[C@@H](C)C(=O)Nc1ccc(S(=O)(=O)Nc2ccccn2)cc1. The van der Waals surface area contributed by atoms with E-state index in [4.69, 9.17) is 16.3 Å². The Kier molecular flexibility index (Phi) is 6.59. The van der Waals surface area contributed by atoms with Crippen LogP contribution in [0, 0.1) is 6.92 Å². The van der Waals surface area contributed by atoms with Crippen LogP contribution in [0.5, 0.6) is 5.75 Å². The number of rotatable bonds is 7. The Morgan fingerprint density at radius 3 is 2.47 bits per heavy atom. The third kappa shape index (κ3) is 5.49. The van der Waals surface area contributed by atoms with Crippen LogP contribution in [0.3, 0.4) is 0 Å². The average molecular weight is 446 g/mol. The zero-order valence-corrected chi connectivity index (χ0v) is 17.9. The first-order valence-electron chi connectivity index (χ1n) is 9.02. The second-order valence-electron chi connectivity index (χ2n) is 6.50. The van der Waals surface area contributed by atoms with Gasteiger partial charge in [0.15, 0.2) is 6.10 Å². The van der Waals surface area contributed by atoms with Gasteiger partial charge in [-0.25, -0.2) is 13.4 Å². The summed E-state index contributed by atoms with van der Waals surface area (Å²) in [7, 11) is -3.78. The van der Waals surface area contributed by atoms with E-state index in [2.05, 4.69) is 15.0 Å². The molecule has 0 unspecified atom stereocenters.